The van der Waals surface area contributed by atoms with Crippen LogP contribution >= 0.6 is 23.2 Å². The Morgan fingerprint density at radius 2 is 1.32 bits per heavy atom. The molecule has 1 aromatic heterocycles. The van der Waals surface area contributed by atoms with E-state index in [0.29, 0.717) is 35.0 Å². The number of amides is 10. The Morgan fingerprint density at radius 1 is 0.700 bits per heavy atom. The van der Waals surface area contributed by atoms with Crippen LogP contribution in [0.4, 0.5) is 5.69 Å². The maximum atomic E-state index is 15.1. The second-order valence-electron chi connectivity index (χ2n) is 29.1. The summed E-state index contributed by atoms with van der Waals surface area (Å²) < 4.78 is 15.5. The zero-order valence-corrected chi connectivity index (χ0v) is 69.3. The molecule has 0 saturated carbocycles. The predicted molar refractivity (Wildman–Crippen MR) is 432 cm³/mol. The number of rotatable bonds is 40. The van der Waals surface area contributed by atoms with Crippen LogP contribution in [0.15, 0.2) is 48.7 Å². The molecule has 39 nitrogen and oxygen atoms in total. The number of fused-ring (bicyclic) bond motifs is 1. The van der Waals surface area contributed by atoms with Crippen molar-refractivity contribution in [3.05, 3.63) is 75.5 Å². The number of anilines is 1. The third-order valence-electron chi connectivity index (χ3n) is 19.7. The molecule has 120 heavy (non-hydrogen) atoms. The topological polar surface area (TPSA) is 613 Å². The predicted octanol–water partition coefficient (Wildman–Crippen LogP) is 0.499. The van der Waals surface area contributed by atoms with Gasteiger partial charge in [0.25, 0.3) is 12.9 Å². The summed E-state index contributed by atoms with van der Waals surface area (Å²) >= 11 is 12.9. The number of ketones is 4. The number of esters is 1. The van der Waals surface area contributed by atoms with E-state index in [-0.39, 0.29) is 78.7 Å². The van der Waals surface area contributed by atoms with Gasteiger partial charge in [-0.25, -0.2) is 4.79 Å². The number of carboxylic acid groups (broad SMARTS) is 2. The van der Waals surface area contributed by atoms with Gasteiger partial charge in [0, 0.05) is 90.3 Å². The fraction of sp³-hybridized carbons (Fsp3) is 0.557. The molecule has 19 N–H and O–H groups in total. The van der Waals surface area contributed by atoms with Gasteiger partial charge in [-0.2, -0.15) is 0 Å². The summed E-state index contributed by atoms with van der Waals surface area (Å²) in [6.45, 7) is 7.93. The summed E-state index contributed by atoms with van der Waals surface area (Å²) in [6.07, 6.45) is -3.79. The number of carboxylic acids is 2. The molecule has 0 spiro atoms. The number of aromatic amines is 1. The highest BCUT2D eigenvalue weighted by molar-refractivity contribution is 6.37. The molecular formula is C79H110Cl2N14O25. The zero-order valence-electron chi connectivity index (χ0n) is 67.7. The van der Waals surface area contributed by atoms with Gasteiger partial charge in [0.1, 0.15) is 55.6 Å². The fourth-order valence-corrected chi connectivity index (χ4v) is 13.7. The number of benzene rings is 2. The van der Waals surface area contributed by atoms with E-state index in [0.717, 1.165) is 45.1 Å². The van der Waals surface area contributed by atoms with E-state index in [1.165, 1.54) is 19.9 Å². The molecule has 0 aliphatic carbocycles. The minimum Gasteiger partial charge on any atom is -0.481 e. The molecule has 1 aliphatic heterocycles. The van der Waals surface area contributed by atoms with Crippen LogP contribution in [0.5, 0.6) is 0 Å². The number of aliphatic hydroxyl groups excluding tert-OH is 1. The van der Waals surface area contributed by atoms with E-state index in [9.17, 15) is 102 Å². The number of hydrogen-bond donors (Lipinski definition) is 17. The van der Waals surface area contributed by atoms with Gasteiger partial charge in [0.05, 0.1) is 67.2 Å². The Labute approximate surface area is 702 Å². The number of unbranched alkanes of at least 4 members (excludes halogenated alkanes) is 6. The number of carbonyl (C=O) groups excluding carboxylic acids is 17. The number of hydrogen-bond acceptors (Lipinski definition) is 26. The summed E-state index contributed by atoms with van der Waals surface area (Å²) in [5, 5.41) is 58.2. The normalized spacial score (nSPS) is 20.9. The molecule has 660 valence electrons. The quantitative estimate of drug-likeness (QED) is 0.0121. The molecule has 2 aromatic carbocycles. The molecule has 1 fully saturated rings. The van der Waals surface area contributed by atoms with Gasteiger partial charge in [0.2, 0.25) is 59.1 Å². The smallest absolute Gasteiger partial charge is 0.329 e. The third kappa shape index (κ3) is 33.7. The first kappa shape index (κ1) is 101. The van der Waals surface area contributed by atoms with Crippen molar-refractivity contribution in [3.63, 3.8) is 0 Å². The van der Waals surface area contributed by atoms with E-state index in [1.54, 1.807) is 38.1 Å². The second-order valence-corrected chi connectivity index (χ2v) is 30.0. The number of aromatic nitrogens is 1. The summed E-state index contributed by atoms with van der Waals surface area (Å²) in [5.74, 6) is -27.6. The number of aliphatic carboxylic acids is 2. The highest BCUT2D eigenvalue weighted by Gasteiger charge is 2.41. The number of nitrogens with one attached hydrogen (secondary N) is 12. The van der Waals surface area contributed by atoms with Crippen LogP contribution in [0.25, 0.3) is 10.9 Å². The molecule has 13 atom stereocenters. The number of cyclic esters (lactones) is 1. The number of halogens is 2. The first-order valence-corrected chi connectivity index (χ1v) is 40.0. The van der Waals surface area contributed by atoms with Crippen LogP contribution in [-0.4, -0.2) is 234 Å². The van der Waals surface area contributed by atoms with E-state index in [2.05, 4.69) is 77.0 Å². The lowest BCUT2D eigenvalue weighted by atomic mass is 9.84. The number of carbonyl (C=O) groups is 19. The summed E-state index contributed by atoms with van der Waals surface area (Å²) in [4.78, 5) is 266. The Kier molecular flexibility index (Phi) is 43.5. The number of nitrogens with two attached hydrogens (primary N) is 2. The molecule has 0 unspecified atom stereocenters. The Balaban J connectivity index is 1.93. The molecule has 2 heterocycles. The molecule has 1 saturated heterocycles. The Morgan fingerprint density at radius 3 is 1.96 bits per heavy atom. The summed E-state index contributed by atoms with van der Waals surface area (Å²) in [6, 6.07) is -4.97. The van der Waals surface area contributed by atoms with Crippen LogP contribution in [0.1, 0.15) is 165 Å². The molecule has 10 amide bonds. The molecule has 41 heteroatoms. The lowest BCUT2D eigenvalue weighted by Gasteiger charge is -2.29. The monoisotopic (exact) mass is 1720 g/mol. The highest BCUT2D eigenvalue weighted by atomic mass is 35.5. The minimum absolute atomic E-state index is 0.00126. The minimum atomic E-state index is -2.38. The van der Waals surface area contributed by atoms with Crippen molar-refractivity contribution in [2.24, 2.45) is 35.1 Å². The van der Waals surface area contributed by atoms with E-state index >= 15 is 4.79 Å². The Hall–Kier alpha value is -11.4. The van der Waals surface area contributed by atoms with Crippen molar-refractivity contribution in [2.45, 2.75) is 212 Å². The Bertz CT molecular complexity index is 4180. The van der Waals surface area contributed by atoms with Crippen LogP contribution in [-0.2, 0) is 107 Å². The SMILES string of the molecule is C=C1NCC(=O)N[C@H](CO)C(=O)C[C@@H]([C@H](C)CC(=O)O)C(=O)N[C@@H](CC(=O)c2cc(Cl)cc(Cl)c2NCC)C(=O)O[C@H](C)[C@H](NC(=O)[C@H](CC(=O)O)CC(=O)[C@@H](CC(N)=O)NC(=O)[C@H](Cc2c(C)[nH]c3ccccc23)NC(=O)CCCCCCCCC)C(=O)NCC(=O)N[C@@H](CCCN)C(=O)C[C@@H](COC=O)C(=O)N[C@H](C)C(=O)N[C@H]1COC=O. The van der Waals surface area contributed by atoms with Crippen molar-refractivity contribution in [1.82, 2.24) is 58.2 Å². The van der Waals surface area contributed by atoms with Crippen molar-refractivity contribution in [2.75, 3.05) is 51.3 Å². The first-order chi connectivity index (χ1) is 56.9. The number of aliphatic hydroxyl groups is 1. The zero-order chi connectivity index (χ0) is 89.5. The molecule has 4 rings (SSSR count). The molecular weight excluding hydrogens is 1620 g/mol. The molecule has 0 bridgehead atoms. The van der Waals surface area contributed by atoms with Crippen molar-refractivity contribution >= 4 is 153 Å². The van der Waals surface area contributed by atoms with Gasteiger partial charge < -0.3 is 104 Å². The average molecular weight is 1730 g/mol. The van der Waals surface area contributed by atoms with E-state index < -0.39 is 256 Å². The summed E-state index contributed by atoms with van der Waals surface area (Å²) in [5.41, 5.74) is 12.8. The number of para-hydroxylation sites is 1. The number of Topliss-reactive ketones (excluding diaryl/α,β-unsaturated/α-hetero) is 4. The van der Waals surface area contributed by atoms with Crippen LogP contribution in [0.2, 0.25) is 10.0 Å². The lowest BCUT2D eigenvalue weighted by molar-refractivity contribution is -0.156. The summed E-state index contributed by atoms with van der Waals surface area (Å²) in [7, 11) is 0. The van der Waals surface area contributed by atoms with Gasteiger partial charge in [-0.1, -0.05) is 100 Å². The van der Waals surface area contributed by atoms with E-state index in [4.69, 9.17) is 48.9 Å². The number of H-pyrrole nitrogens is 1. The average Bonchev–Trinajstić information content (AvgIpc) is 1.62. The van der Waals surface area contributed by atoms with Crippen molar-refractivity contribution in [3.8, 4) is 0 Å². The van der Waals surface area contributed by atoms with Crippen LogP contribution in [0.3, 0.4) is 0 Å². The fourth-order valence-electron chi connectivity index (χ4n) is 13.1. The lowest BCUT2D eigenvalue weighted by Crippen LogP contribution is -2.57. The van der Waals surface area contributed by atoms with Crippen LogP contribution < -0.4 is 70.0 Å². The van der Waals surface area contributed by atoms with Gasteiger partial charge in [-0.3, -0.25) is 86.3 Å². The maximum absolute atomic E-state index is 15.1. The van der Waals surface area contributed by atoms with Crippen LogP contribution in [0, 0.1) is 30.6 Å². The first-order valence-electron chi connectivity index (χ1n) is 39.3. The number of ether oxygens (including phenoxy) is 3. The number of primary amides is 1. The largest absolute Gasteiger partial charge is 0.481 e. The van der Waals surface area contributed by atoms with Crippen molar-refractivity contribution < 1.29 is 121 Å². The van der Waals surface area contributed by atoms with Gasteiger partial charge >= 0.3 is 17.9 Å². The van der Waals surface area contributed by atoms with Gasteiger partial charge in [-0.15, -0.1) is 0 Å². The molecule has 1 aliphatic rings. The molecule has 3 aromatic rings. The number of aryl methyl sites for hydroxylation is 1. The second kappa shape index (κ2) is 51.8. The highest BCUT2D eigenvalue weighted by Crippen LogP contribution is 2.33. The third-order valence-corrected chi connectivity index (χ3v) is 20.2. The van der Waals surface area contributed by atoms with E-state index in [1.807, 2.05) is 0 Å². The standard InChI is InChI=1S/C79H110Cl2N14O25/c1-8-10-11-12-13-14-15-22-66(104)90-57(30-51-42(4)87-54-20-17-16-19-49(51)54)77(115)92-56(33-65(83)103)63(101)25-46(27-70(109)110)74(112)95-71-45(7)120-79(117)58(32-61(99)52-28-48(80)29-53(81)72(52)84-9-2)93-76(114)50(41(3)24-69(107)108)31-64(102)59(36-96)91-67(105)34-85-43(5)60(38-119-40-98)94-73(111)44(6)88-75(113)47(37-118-39-97)26-62(100)55(21-18-23-82)89-68(106)35-86-78(71)116/h16-17,19-20,28-29,39-41,44-47,50,55-60,71,84-85,87,96H,5,8-15,18,21-27,30-38,82H2,1-4,6-7H3,(H2,83,103)(H,86,116)(H,88,113)(H,89,106)(H,90,104)(H,91,105)(H,92,115)(H,93,114)(H,94,111)(H,95,112)(H,107,108)(H,109,110)/t41-,44-,45-,46+,47+,50+,55+,56-,57+,58+,59-,60+,71+/m1/s1. The molecule has 0 radical (unpaired) electrons. The van der Waals surface area contributed by atoms with Gasteiger partial charge in [0.15, 0.2) is 23.1 Å². The van der Waals surface area contributed by atoms with Gasteiger partial charge in [-0.05, 0) is 83.2 Å². The maximum Gasteiger partial charge on any atom is 0.329 e. The van der Waals surface area contributed by atoms with Crippen molar-refractivity contribution in [1.29, 1.82) is 0 Å².